The van der Waals surface area contributed by atoms with Crippen LogP contribution in [0, 0.1) is 0 Å². The number of hydrazone groups is 1. The van der Waals surface area contributed by atoms with E-state index in [1.165, 1.54) is 0 Å². The van der Waals surface area contributed by atoms with Gasteiger partial charge in [-0.2, -0.15) is 0 Å². The van der Waals surface area contributed by atoms with Gasteiger partial charge in [0.05, 0.1) is 0 Å². The number of rotatable bonds is 1. The summed E-state index contributed by atoms with van der Waals surface area (Å²) in [5.41, 5.74) is 0.820. The third-order valence-corrected chi connectivity index (χ3v) is 1.76. The Balaban J connectivity index is 2.22. The summed E-state index contributed by atoms with van der Waals surface area (Å²) in [4.78, 5) is 4.10. The molecule has 4 heteroatoms. The van der Waals surface area contributed by atoms with Crippen molar-refractivity contribution >= 4 is 12.1 Å². The van der Waals surface area contributed by atoms with Crippen molar-refractivity contribution in [2.75, 3.05) is 6.54 Å². The molecule has 0 amide bonds. The third kappa shape index (κ3) is 1.90. The zero-order valence-electron chi connectivity index (χ0n) is 7.05. The summed E-state index contributed by atoms with van der Waals surface area (Å²) >= 11 is 0. The van der Waals surface area contributed by atoms with Crippen LogP contribution in [0.1, 0.15) is 12.1 Å². The Bertz CT molecular complexity index is 356. The SMILES string of the molecule is [O-]C1=N/[N+](=C\c2ccccn2)CC1. The van der Waals surface area contributed by atoms with Gasteiger partial charge in [-0.05, 0) is 17.2 Å². The monoisotopic (exact) mass is 175 g/mol. The molecule has 0 atom stereocenters. The minimum absolute atomic E-state index is 0.0628. The van der Waals surface area contributed by atoms with E-state index in [9.17, 15) is 5.11 Å². The van der Waals surface area contributed by atoms with Crippen LogP contribution in [0.25, 0.3) is 0 Å². The van der Waals surface area contributed by atoms with Crippen LogP contribution >= 0.6 is 0 Å². The quantitative estimate of drug-likeness (QED) is 0.545. The van der Waals surface area contributed by atoms with E-state index in [-0.39, 0.29) is 5.90 Å². The molecule has 0 radical (unpaired) electrons. The summed E-state index contributed by atoms with van der Waals surface area (Å²) in [6.45, 7) is 0.662. The van der Waals surface area contributed by atoms with Gasteiger partial charge in [-0.25, -0.2) is 0 Å². The molecule has 1 aliphatic rings. The predicted octanol–water partition coefficient (Wildman–Crippen LogP) is -0.410. The van der Waals surface area contributed by atoms with Crippen LogP contribution in [0.15, 0.2) is 29.5 Å². The van der Waals surface area contributed by atoms with Crippen LogP contribution in [-0.2, 0) is 0 Å². The normalized spacial score (nSPS) is 19.1. The highest BCUT2D eigenvalue weighted by Gasteiger charge is 2.10. The lowest BCUT2D eigenvalue weighted by Crippen LogP contribution is -2.13. The topological polar surface area (TPSA) is 51.3 Å². The number of pyridine rings is 1. The van der Waals surface area contributed by atoms with Gasteiger partial charge in [-0.15, -0.1) is 0 Å². The van der Waals surface area contributed by atoms with Crippen molar-refractivity contribution in [3.05, 3.63) is 30.1 Å². The first-order valence-electron chi connectivity index (χ1n) is 4.11. The summed E-state index contributed by atoms with van der Waals surface area (Å²) in [5, 5.41) is 14.6. The maximum absolute atomic E-state index is 10.8. The molecule has 66 valence electrons. The van der Waals surface area contributed by atoms with Crippen molar-refractivity contribution in [2.45, 2.75) is 6.42 Å². The van der Waals surface area contributed by atoms with E-state index >= 15 is 0 Å². The molecular formula is C9H9N3O. The molecule has 2 heterocycles. The van der Waals surface area contributed by atoms with Crippen molar-refractivity contribution in [3.63, 3.8) is 0 Å². The molecule has 13 heavy (non-hydrogen) atoms. The number of hydrogen-bond acceptors (Lipinski definition) is 3. The van der Waals surface area contributed by atoms with Crippen LogP contribution in [0.2, 0.25) is 0 Å². The Labute approximate surface area is 75.9 Å². The Morgan fingerprint density at radius 1 is 1.46 bits per heavy atom. The highest BCUT2D eigenvalue weighted by molar-refractivity contribution is 5.75. The summed E-state index contributed by atoms with van der Waals surface area (Å²) in [7, 11) is 0. The predicted molar refractivity (Wildman–Crippen MR) is 46.6 cm³/mol. The summed E-state index contributed by atoms with van der Waals surface area (Å²) in [6, 6.07) is 5.62. The van der Waals surface area contributed by atoms with Crippen LogP contribution in [0.5, 0.6) is 0 Å². The Hall–Kier alpha value is -1.71. The lowest BCUT2D eigenvalue weighted by Gasteiger charge is -1.89. The minimum Gasteiger partial charge on any atom is -0.857 e. The maximum atomic E-state index is 10.8. The molecule has 0 N–H and O–H groups in total. The van der Waals surface area contributed by atoms with Gasteiger partial charge in [0, 0.05) is 18.5 Å². The summed E-state index contributed by atoms with van der Waals surface area (Å²) in [6.07, 6.45) is 3.98. The average molecular weight is 175 g/mol. The van der Waals surface area contributed by atoms with Crippen LogP contribution in [-0.4, -0.2) is 28.3 Å². The molecule has 0 saturated heterocycles. The molecule has 0 fully saturated rings. The fourth-order valence-electron chi connectivity index (χ4n) is 1.15. The first kappa shape index (κ1) is 7.91. The molecule has 0 bridgehead atoms. The van der Waals surface area contributed by atoms with Crippen LogP contribution in [0.4, 0.5) is 0 Å². The van der Waals surface area contributed by atoms with E-state index in [2.05, 4.69) is 10.1 Å². The van der Waals surface area contributed by atoms with E-state index in [1.807, 2.05) is 18.2 Å². The minimum atomic E-state index is -0.0628. The summed E-state index contributed by atoms with van der Waals surface area (Å²) < 4.78 is 1.63. The standard InChI is InChI=1S/C9H9N3O/c13-9-4-6-12(11-9)7-8-3-1-2-5-10-8/h1-3,5,7H,4,6H2. The van der Waals surface area contributed by atoms with Gasteiger partial charge in [0.2, 0.25) is 6.21 Å². The first-order chi connectivity index (χ1) is 6.34. The molecule has 1 aromatic heterocycles. The number of nitrogens with zero attached hydrogens (tertiary/aromatic N) is 3. The Morgan fingerprint density at radius 2 is 2.38 bits per heavy atom. The van der Waals surface area contributed by atoms with Crippen molar-refractivity contribution in [1.82, 2.24) is 4.98 Å². The van der Waals surface area contributed by atoms with E-state index in [0.29, 0.717) is 13.0 Å². The van der Waals surface area contributed by atoms with Gasteiger partial charge < -0.3 is 5.11 Å². The number of aromatic nitrogens is 1. The second kappa shape index (κ2) is 3.35. The molecular weight excluding hydrogens is 166 g/mol. The first-order valence-corrected chi connectivity index (χ1v) is 4.11. The fourth-order valence-corrected chi connectivity index (χ4v) is 1.15. The van der Waals surface area contributed by atoms with E-state index < -0.39 is 0 Å². The van der Waals surface area contributed by atoms with Crippen LogP contribution < -0.4 is 5.11 Å². The molecule has 0 unspecified atom stereocenters. The molecule has 0 aliphatic carbocycles. The lowest BCUT2D eigenvalue weighted by atomic mass is 10.4. The maximum Gasteiger partial charge on any atom is 0.221 e. The summed E-state index contributed by atoms with van der Waals surface area (Å²) in [5.74, 6) is -0.0628. The van der Waals surface area contributed by atoms with E-state index in [1.54, 1.807) is 17.1 Å². The molecule has 2 rings (SSSR count). The van der Waals surface area contributed by atoms with Gasteiger partial charge in [0.25, 0.3) is 0 Å². The van der Waals surface area contributed by atoms with Crippen molar-refractivity contribution in [2.24, 2.45) is 5.10 Å². The van der Waals surface area contributed by atoms with Crippen LogP contribution in [0.3, 0.4) is 0 Å². The zero-order chi connectivity index (χ0) is 9.10. The molecule has 0 spiro atoms. The second-order valence-corrected chi connectivity index (χ2v) is 2.79. The fraction of sp³-hybridized carbons (Fsp3) is 0.222. The van der Waals surface area contributed by atoms with Gasteiger partial charge in [0.1, 0.15) is 5.69 Å². The highest BCUT2D eigenvalue weighted by atomic mass is 16.3. The van der Waals surface area contributed by atoms with Gasteiger partial charge in [-0.3, -0.25) is 4.98 Å². The van der Waals surface area contributed by atoms with Gasteiger partial charge in [-0.1, -0.05) is 10.8 Å². The molecule has 1 aliphatic heterocycles. The average Bonchev–Trinajstić information content (AvgIpc) is 2.53. The molecule has 1 aromatic rings. The van der Waals surface area contributed by atoms with E-state index in [0.717, 1.165) is 5.69 Å². The Kier molecular flexibility index (Phi) is 2.04. The van der Waals surface area contributed by atoms with Crippen molar-refractivity contribution in [3.8, 4) is 0 Å². The number of hydrogen-bond donors (Lipinski definition) is 0. The Morgan fingerprint density at radius 3 is 3.00 bits per heavy atom. The van der Waals surface area contributed by atoms with E-state index in [4.69, 9.17) is 0 Å². The van der Waals surface area contributed by atoms with Crippen molar-refractivity contribution < 1.29 is 9.79 Å². The third-order valence-electron chi connectivity index (χ3n) is 1.76. The zero-order valence-corrected chi connectivity index (χ0v) is 7.05. The molecule has 4 nitrogen and oxygen atoms in total. The van der Waals surface area contributed by atoms with Crippen molar-refractivity contribution in [1.29, 1.82) is 0 Å². The molecule has 0 aromatic carbocycles. The smallest absolute Gasteiger partial charge is 0.221 e. The second-order valence-electron chi connectivity index (χ2n) is 2.79. The van der Waals surface area contributed by atoms with Gasteiger partial charge >= 0.3 is 0 Å². The lowest BCUT2D eigenvalue weighted by molar-refractivity contribution is -0.519. The van der Waals surface area contributed by atoms with Gasteiger partial charge in [0.15, 0.2) is 6.54 Å². The highest BCUT2D eigenvalue weighted by Crippen LogP contribution is 1.96. The molecule has 0 saturated carbocycles. The largest absolute Gasteiger partial charge is 0.857 e.